The van der Waals surface area contributed by atoms with Crippen molar-refractivity contribution in [1.82, 2.24) is 9.97 Å². The van der Waals surface area contributed by atoms with Crippen LogP contribution in [0.2, 0.25) is 5.02 Å². The van der Waals surface area contributed by atoms with Gasteiger partial charge in [-0.15, -0.1) is 0 Å². The molecule has 2 aromatic rings. The third kappa shape index (κ3) is 2.81. The SMILES string of the molecule is Cc1nc(C#N)c([N+](=O)[O-])c(Nc2ccc(Cl)cc2)n1. The van der Waals surface area contributed by atoms with E-state index >= 15 is 0 Å². The van der Waals surface area contributed by atoms with Crippen LogP contribution < -0.4 is 5.32 Å². The third-order valence-corrected chi connectivity index (χ3v) is 2.64. The summed E-state index contributed by atoms with van der Waals surface area (Å²) < 4.78 is 0. The highest BCUT2D eigenvalue weighted by atomic mass is 35.5. The molecular formula is C12H8ClN5O2. The summed E-state index contributed by atoms with van der Waals surface area (Å²) in [4.78, 5) is 18.1. The van der Waals surface area contributed by atoms with Crippen LogP contribution in [0, 0.1) is 28.4 Å². The normalized spacial score (nSPS) is 9.85. The number of nitrogens with one attached hydrogen (secondary N) is 1. The van der Waals surface area contributed by atoms with Crippen molar-refractivity contribution in [2.24, 2.45) is 0 Å². The Kier molecular flexibility index (Phi) is 3.77. The Labute approximate surface area is 119 Å². The molecule has 0 aliphatic carbocycles. The van der Waals surface area contributed by atoms with E-state index in [1.165, 1.54) is 0 Å². The highest BCUT2D eigenvalue weighted by Crippen LogP contribution is 2.28. The van der Waals surface area contributed by atoms with E-state index in [2.05, 4.69) is 15.3 Å². The Morgan fingerprint density at radius 1 is 1.35 bits per heavy atom. The van der Waals surface area contributed by atoms with Crippen LogP contribution in [0.3, 0.4) is 0 Å². The zero-order valence-electron chi connectivity index (χ0n) is 10.3. The predicted molar refractivity (Wildman–Crippen MR) is 72.9 cm³/mol. The molecule has 1 aromatic carbocycles. The monoisotopic (exact) mass is 289 g/mol. The van der Waals surface area contributed by atoms with E-state index < -0.39 is 10.6 Å². The fraction of sp³-hybridized carbons (Fsp3) is 0.0833. The molecule has 0 aliphatic rings. The number of nitriles is 1. The number of hydrogen-bond acceptors (Lipinski definition) is 6. The molecule has 0 saturated carbocycles. The van der Waals surface area contributed by atoms with E-state index in [0.29, 0.717) is 10.7 Å². The van der Waals surface area contributed by atoms with E-state index in [1.54, 1.807) is 37.3 Å². The van der Waals surface area contributed by atoms with E-state index in [4.69, 9.17) is 16.9 Å². The zero-order chi connectivity index (χ0) is 14.7. The molecule has 1 aromatic heterocycles. The van der Waals surface area contributed by atoms with Crippen molar-refractivity contribution in [2.75, 3.05) is 5.32 Å². The number of nitro groups is 1. The van der Waals surface area contributed by atoms with Gasteiger partial charge in [0.05, 0.1) is 4.92 Å². The van der Waals surface area contributed by atoms with Crippen LogP contribution in [-0.4, -0.2) is 14.9 Å². The lowest BCUT2D eigenvalue weighted by Gasteiger charge is -2.07. The molecule has 0 atom stereocenters. The molecule has 0 amide bonds. The molecule has 2 rings (SSSR count). The Hall–Kier alpha value is -2.72. The maximum Gasteiger partial charge on any atom is 0.347 e. The number of halogens is 1. The van der Waals surface area contributed by atoms with Gasteiger partial charge in [0.2, 0.25) is 11.5 Å². The highest BCUT2D eigenvalue weighted by Gasteiger charge is 2.24. The number of hydrogen-bond donors (Lipinski definition) is 1. The molecule has 1 N–H and O–H groups in total. The largest absolute Gasteiger partial charge is 0.347 e. The fourth-order valence-electron chi connectivity index (χ4n) is 1.57. The fourth-order valence-corrected chi connectivity index (χ4v) is 1.70. The number of rotatable bonds is 3. The Bertz CT molecular complexity index is 709. The van der Waals surface area contributed by atoms with Gasteiger partial charge >= 0.3 is 5.69 Å². The summed E-state index contributed by atoms with van der Waals surface area (Å²) in [6.07, 6.45) is 0. The van der Waals surface area contributed by atoms with Gasteiger partial charge in [0.15, 0.2) is 0 Å². The molecule has 0 aliphatic heterocycles. The number of benzene rings is 1. The van der Waals surface area contributed by atoms with Gasteiger partial charge in [-0.3, -0.25) is 10.1 Å². The first kappa shape index (κ1) is 13.7. The lowest BCUT2D eigenvalue weighted by molar-refractivity contribution is -0.384. The van der Waals surface area contributed by atoms with Gasteiger partial charge in [-0.05, 0) is 31.2 Å². The first-order chi connectivity index (χ1) is 9.51. The second-order valence-corrected chi connectivity index (χ2v) is 4.25. The van der Waals surface area contributed by atoms with Crippen molar-refractivity contribution in [2.45, 2.75) is 6.92 Å². The van der Waals surface area contributed by atoms with Crippen LogP contribution in [0.1, 0.15) is 11.5 Å². The molecule has 8 heteroatoms. The molecule has 0 saturated heterocycles. The molecule has 0 fully saturated rings. The summed E-state index contributed by atoms with van der Waals surface area (Å²) in [7, 11) is 0. The molecular weight excluding hydrogens is 282 g/mol. The van der Waals surface area contributed by atoms with Crippen molar-refractivity contribution < 1.29 is 4.92 Å². The minimum atomic E-state index is -0.684. The van der Waals surface area contributed by atoms with Crippen LogP contribution in [0.5, 0.6) is 0 Å². The zero-order valence-corrected chi connectivity index (χ0v) is 11.0. The van der Waals surface area contributed by atoms with Crippen molar-refractivity contribution in [1.29, 1.82) is 5.26 Å². The van der Waals surface area contributed by atoms with E-state index in [0.717, 1.165) is 0 Å². The Balaban J connectivity index is 2.50. The highest BCUT2D eigenvalue weighted by molar-refractivity contribution is 6.30. The molecule has 100 valence electrons. The smallest absolute Gasteiger partial charge is 0.334 e. The van der Waals surface area contributed by atoms with E-state index in [-0.39, 0.29) is 17.3 Å². The summed E-state index contributed by atoms with van der Waals surface area (Å²) in [6, 6.07) is 8.26. The molecule has 7 nitrogen and oxygen atoms in total. The van der Waals surface area contributed by atoms with Crippen LogP contribution in [0.25, 0.3) is 0 Å². The summed E-state index contributed by atoms with van der Waals surface area (Å²) in [5.41, 5.74) is -0.161. The van der Waals surface area contributed by atoms with Gasteiger partial charge in [0, 0.05) is 10.7 Å². The number of nitrogens with zero attached hydrogens (tertiary/aromatic N) is 4. The first-order valence-corrected chi connectivity index (χ1v) is 5.85. The summed E-state index contributed by atoms with van der Waals surface area (Å²) in [6.45, 7) is 1.55. The molecule has 0 unspecified atom stereocenters. The van der Waals surface area contributed by atoms with Crippen LogP contribution in [0.4, 0.5) is 17.2 Å². The second kappa shape index (κ2) is 5.50. The van der Waals surface area contributed by atoms with Gasteiger partial charge in [-0.1, -0.05) is 11.6 Å². The average molecular weight is 290 g/mol. The summed E-state index contributed by atoms with van der Waals surface area (Å²) >= 11 is 5.76. The third-order valence-electron chi connectivity index (χ3n) is 2.39. The van der Waals surface area contributed by atoms with Crippen LogP contribution in [0.15, 0.2) is 24.3 Å². The lowest BCUT2D eigenvalue weighted by Crippen LogP contribution is -2.06. The molecule has 20 heavy (non-hydrogen) atoms. The maximum atomic E-state index is 11.1. The quantitative estimate of drug-likeness (QED) is 0.688. The molecule has 0 radical (unpaired) electrons. The topological polar surface area (TPSA) is 105 Å². The molecule has 1 heterocycles. The Morgan fingerprint density at radius 2 is 2.00 bits per heavy atom. The van der Waals surface area contributed by atoms with E-state index in [9.17, 15) is 10.1 Å². The van der Waals surface area contributed by atoms with Gasteiger partial charge in [0.1, 0.15) is 11.9 Å². The minimum Gasteiger partial charge on any atom is -0.334 e. The summed E-state index contributed by atoms with van der Waals surface area (Å²) in [5, 5.41) is 23.3. The molecule has 0 bridgehead atoms. The number of anilines is 2. The molecule has 0 spiro atoms. The standard InChI is InChI=1S/C12H8ClN5O2/c1-7-15-10(6-14)11(18(19)20)12(16-7)17-9-4-2-8(13)3-5-9/h2-5H,1H3,(H,15,16,17). The van der Waals surface area contributed by atoms with E-state index in [1.807, 2.05) is 0 Å². The van der Waals surface area contributed by atoms with Crippen molar-refractivity contribution in [3.8, 4) is 6.07 Å². The van der Waals surface area contributed by atoms with Gasteiger partial charge in [0.25, 0.3) is 0 Å². The first-order valence-electron chi connectivity index (χ1n) is 5.47. The van der Waals surface area contributed by atoms with Crippen molar-refractivity contribution in [3.63, 3.8) is 0 Å². The van der Waals surface area contributed by atoms with Gasteiger partial charge in [-0.25, -0.2) is 9.97 Å². The minimum absolute atomic E-state index is 0.0265. The van der Waals surface area contributed by atoms with Gasteiger partial charge < -0.3 is 5.32 Å². The average Bonchev–Trinajstić information content (AvgIpc) is 2.40. The summed E-state index contributed by atoms with van der Waals surface area (Å²) in [5.74, 6) is 0.241. The number of aryl methyl sites for hydroxylation is 1. The lowest BCUT2D eigenvalue weighted by atomic mass is 10.3. The maximum absolute atomic E-state index is 11.1. The van der Waals surface area contributed by atoms with Crippen molar-refractivity contribution >= 4 is 28.8 Å². The number of aromatic nitrogens is 2. The predicted octanol–water partition coefficient (Wildman–Crippen LogP) is 2.96. The Morgan fingerprint density at radius 3 is 2.55 bits per heavy atom. The van der Waals surface area contributed by atoms with Gasteiger partial charge in [-0.2, -0.15) is 5.26 Å². The second-order valence-electron chi connectivity index (χ2n) is 3.82. The van der Waals surface area contributed by atoms with Crippen molar-refractivity contribution in [3.05, 3.63) is 50.9 Å². The van der Waals surface area contributed by atoms with Crippen LogP contribution >= 0.6 is 11.6 Å². The van der Waals surface area contributed by atoms with Crippen LogP contribution in [-0.2, 0) is 0 Å².